The molecule has 1 heterocycles. The van der Waals surface area contributed by atoms with Crippen LogP contribution in [0.3, 0.4) is 0 Å². The van der Waals surface area contributed by atoms with Crippen molar-refractivity contribution in [2.75, 3.05) is 0 Å². The van der Waals surface area contributed by atoms with Gasteiger partial charge in [0, 0.05) is 12.1 Å². The van der Waals surface area contributed by atoms with Crippen molar-refractivity contribution in [3.8, 4) is 0 Å². The molecule has 0 fully saturated rings. The SMILES string of the molecule is Cc1cc(CO)nc(CCc2ccccc2)n1. The third-order valence-corrected chi connectivity index (χ3v) is 2.60. The third-order valence-electron chi connectivity index (χ3n) is 2.60. The highest BCUT2D eigenvalue weighted by atomic mass is 16.3. The first-order valence-electron chi connectivity index (χ1n) is 5.76. The maximum atomic E-state index is 9.08. The van der Waals surface area contributed by atoms with Crippen LogP contribution < -0.4 is 0 Å². The second kappa shape index (κ2) is 5.55. The lowest BCUT2D eigenvalue weighted by molar-refractivity contribution is 0.276. The summed E-state index contributed by atoms with van der Waals surface area (Å²) in [6.45, 7) is 1.90. The fraction of sp³-hybridized carbons (Fsp3) is 0.286. The molecule has 2 aromatic rings. The van der Waals surface area contributed by atoms with Crippen LogP contribution in [0, 0.1) is 6.92 Å². The van der Waals surface area contributed by atoms with Gasteiger partial charge in [-0.25, -0.2) is 9.97 Å². The van der Waals surface area contributed by atoms with Gasteiger partial charge in [-0.2, -0.15) is 0 Å². The first-order chi connectivity index (χ1) is 8.28. The van der Waals surface area contributed by atoms with Crippen molar-refractivity contribution >= 4 is 0 Å². The summed E-state index contributed by atoms with van der Waals surface area (Å²) < 4.78 is 0. The van der Waals surface area contributed by atoms with Crippen molar-refractivity contribution in [3.05, 3.63) is 59.2 Å². The molecule has 0 amide bonds. The summed E-state index contributed by atoms with van der Waals surface area (Å²) in [4.78, 5) is 8.68. The maximum Gasteiger partial charge on any atom is 0.129 e. The highest BCUT2D eigenvalue weighted by molar-refractivity contribution is 5.16. The van der Waals surface area contributed by atoms with Gasteiger partial charge in [0.15, 0.2) is 0 Å². The molecule has 0 saturated heterocycles. The molecule has 0 saturated carbocycles. The molecule has 88 valence electrons. The van der Waals surface area contributed by atoms with E-state index in [4.69, 9.17) is 5.11 Å². The van der Waals surface area contributed by atoms with E-state index in [0.29, 0.717) is 5.69 Å². The second-order valence-electron chi connectivity index (χ2n) is 4.06. The van der Waals surface area contributed by atoms with Gasteiger partial charge >= 0.3 is 0 Å². The Bertz CT molecular complexity index is 483. The smallest absolute Gasteiger partial charge is 0.129 e. The van der Waals surface area contributed by atoms with Crippen LogP contribution in [0.4, 0.5) is 0 Å². The van der Waals surface area contributed by atoms with Gasteiger partial charge in [0.1, 0.15) is 5.82 Å². The van der Waals surface area contributed by atoms with Gasteiger partial charge in [0.25, 0.3) is 0 Å². The summed E-state index contributed by atoms with van der Waals surface area (Å²) >= 11 is 0. The molecule has 2 rings (SSSR count). The molecule has 17 heavy (non-hydrogen) atoms. The minimum absolute atomic E-state index is 0.0261. The van der Waals surface area contributed by atoms with E-state index < -0.39 is 0 Å². The Balaban J connectivity index is 2.06. The highest BCUT2D eigenvalue weighted by Gasteiger charge is 2.02. The first kappa shape index (κ1) is 11.7. The minimum atomic E-state index is -0.0261. The molecular formula is C14H16N2O. The fourth-order valence-corrected chi connectivity index (χ4v) is 1.79. The highest BCUT2D eigenvalue weighted by Crippen LogP contribution is 2.06. The lowest BCUT2D eigenvalue weighted by atomic mass is 10.1. The summed E-state index contributed by atoms with van der Waals surface area (Å²) in [5.41, 5.74) is 2.89. The van der Waals surface area contributed by atoms with Crippen LogP contribution in [-0.4, -0.2) is 15.1 Å². The lowest BCUT2D eigenvalue weighted by Crippen LogP contribution is -2.03. The van der Waals surface area contributed by atoms with Gasteiger partial charge in [-0.3, -0.25) is 0 Å². The monoisotopic (exact) mass is 228 g/mol. The summed E-state index contributed by atoms with van der Waals surface area (Å²) in [6, 6.07) is 12.1. The molecule has 1 N–H and O–H groups in total. The molecule has 3 heteroatoms. The molecule has 1 aromatic carbocycles. The molecule has 0 bridgehead atoms. The third kappa shape index (κ3) is 3.36. The van der Waals surface area contributed by atoms with Gasteiger partial charge in [-0.1, -0.05) is 30.3 Å². The number of aryl methyl sites for hydroxylation is 3. The Morgan fingerprint density at radius 2 is 1.82 bits per heavy atom. The second-order valence-corrected chi connectivity index (χ2v) is 4.06. The van der Waals surface area contributed by atoms with Gasteiger partial charge in [0.05, 0.1) is 12.3 Å². The molecule has 0 unspecified atom stereocenters. The Labute approximate surface area is 101 Å². The molecule has 0 atom stereocenters. The molecule has 0 aliphatic rings. The predicted molar refractivity (Wildman–Crippen MR) is 66.5 cm³/mol. The minimum Gasteiger partial charge on any atom is -0.390 e. The molecule has 0 aliphatic heterocycles. The van der Waals surface area contributed by atoms with E-state index in [1.807, 2.05) is 31.2 Å². The normalized spacial score (nSPS) is 10.5. The van der Waals surface area contributed by atoms with Crippen LogP contribution in [0.1, 0.15) is 22.8 Å². The lowest BCUT2D eigenvalue weighted by Gasteiger charge is -2.04. The summed E-state index contributed by atoms with van der Waals surface area (Å²) in [5.74, 6) is 0.804. The summed E-state index contributed by atoms with van der Waals surface area (Å²) in [7, 11) is 0. The fourth-order valence-electron chi connectivity index (χ4n) is 1.79. The molecule has 0 aliphatic carbocycles. The van der Waals surface area contributed by atoms with Crippen LogP contribution in [-0.2, 0) is 19.4 Å². The quantitative estimate of drug-likeness (QED) is 0.871. The number of aromatic nitrogens is 2. The van der Waals surface area contributed by atoms with Crippen LogP contribution in [0.15, 0.2) is 36.4 Å². The molecule has 3 nitrogen and oxygen atoms in total. The maximum absolute atomic E-state index is 9.08. The number of aliphatic hydroxyl groups excluding tert-OH is 1. The summed E-state index contributed by atoms with van der Waals surface area (Å²) in [5, 5.41) is 9.08. The number of benzene rings is 1. The first-order valence-corrected chi connectivity index (χ1v) is 5.76. The number of hydrogen-bond acceptors (Lipinski definition) is 3. The standard InChI is InChI=1S/C14H16N2O/c1-11-9-13(10-17)16-14(15-11)8-7-12-5-3-2-4-6-12/h2-6,9,17H,7-8,10H2,1H3. The van der Waals surface area contributed by atoms with E-state index in [0.717, 1.165) is 24.4 Å². The zero-order valence-corrected chi connectivity index (χ0v) is 9.93. The van der Waals surface area contributed by atoms with Crippen LogP contribution in [0.2, 0.25) is 0 Å². The molecule has 0 spiro atoms. The Morgan fingerprint density at radius 3 is 2.53 bits per heavy atom. The van der Waals surface area contributed by atoms with E-state index in [2.05, 4.69) is 22.1 Å². The summed E-state index contributed by atoms with van der Waals surface area (Å²) in [6.07, 6.45) is 1.73. The van der Waals surface area contributed by atoms with Crippen LogP contribution in [0.5, 0.6) is 0 Å². The van der Waals surface area contributed by atoms with Crippen LogP contribution in [0.25, 0.3) is 0 Å². The van der Waals surface area contributed by atoms with Crippen molar-refractivity contribution in [1.82, 2.24) is 9.97 Å². The van der Waals surface area contributed by atoms with Crippen molar-refractivity contribution in [1.29, 1.82) is 0 Å². The van der Waals surface area contributed by atoms with Crippen LogP contribution >= 0.6 is 0 Å². The van der Waals surface area contributed by atoms with E-state index in [1.54, 1.807) is 0 Å². The Kier molecular flexibility index (Phi) is 3.83. The molecular weight excluding hydrogens is 212 g/mol. The van der Waals surface area contributed by atoms with Crippen molar-refractivity contribution < 1.29 is 5.11 Å². The van der Waals surface area contributed by atoms with Gasteiger partial charge in [0.2, 0.25) is 0 Å². The van der Waals surface area contributed by atoms with E-state index in [9.17, 15) is 0 Å². The van der Waals surface area contributed by atoms with Gasteiger partial charge in [-0.15, -0.1) is 0 Å². The Hall–Kier alpha value is -1.74. The largest absolute Gasteiger partial charge is 0.390 e. The molecule has 1 aromatic heterocycles. The van der Waals surface area contributed by atoms with E-state index >= 15 is 0 Å². The van der Waals surface area contributed by atoms with Crippen molar-refractivity contribution in [2.24, 2.45) is 0 Å². The van der Waals surface area contributed by atoms with Crippen molar-refractivity contribution in [2.45, 2.75) is 26.4 Å². The van der Waals surface area contributed by atoms with E-state index in [1.165, 1.54) is 5.56 Å². The number of aliphatic hydroxyl groups is 1. The van der Waals surface area contributed by atoms with Crippen molar-refractivity contribution in [3.63, 3.8) is 0 Å². The molecule has 0 radical (unpaired) electrons. The predicted octanol–water partition coefficient (Wildman–Crippen LogP) is 2.06. The van der Waals surface area contributed by atoms with Gasteiger partial charge in [-0.05, 0) is 25.0 Å². The average Bonchev–Trinajstić information content (AvgIpc) is 2.37. The van der Waals surface area contributed by atoms with E-state index in [-0.39, 0.29) is 6.61 Å². The zero-order chi connectivity index (χ0) is 12.1. The number of hydrogen-bond donors (Lipinski definition) is 1. The average molecular weight is 228 g/mol. The topological polar surface area (TPSA) is 46.0 Å². The zero-order valence-electron chi connectivity index (χ0n) is 9.93. The Morgan fingerprint density at radius 1 is 1.06 bits per heavy atom. The van der Waals surface area contributed by atoms with Gasteiger partial charge < -0.3 is 5.11 Å². The number of rotatable bonds is 4. The number of nitrogens with zero attached hydrogens (tertiary/aromatic N) is 2.